The highest BCUT2D eigenvalue weighted by molar-refractivity contribution is 7.92. The maximum absolute atomic E-state index is 12.9. The number of benzene rings is 2. The number of alkyl halides is 3. The summed E-state index contributed by atoms with van der Waals surface area (Å²) in [5.74, 6) is 0. The Hall–Kier alpha value is -2.56. The highest BCUT2D eigenvalue weighted by Crippen LogP contribution is 2.34. The zero-order valence-electron chi connectivity index (χ0n) is 15.2. The summed E-state index contributed by atoms with van der Waals surface area (Å²) in [5, 5.41) is 1.68. The highest BCUT2D eigenvalue weighted by atomic mass is 35.5. The third kappa shape index (κ3) is 3.90. The van der Waals surface area contributed by atoms with Crippen LogP contribution in [-0.2, 0) is 16.2 Å². The molecule has 0 saturated carbocycles. The molecule has 1 N–H and O–H groups in total. The van der Waals surface area contributed by atoms with Gasteiger partial charge in [0, 0.05) is 28.5 Å². The summed E-state index contributed by atoms with van der Waals surface area (Å²) in [6.45, 7) is 1.96. The van der Waals surface area contributed by atoms with E-state index in [1.807, 2.05) is 22.9 Å². The van der Waals surface area contributed by atoms with E-state index in [4.69, 9.17) is 11.6 Å². The number of imidazole rings is 1. The van der Waals surface area contributed by atoms with Gasteiger partial charge in [-0.1, -0.05) is 23.7 Å². The van der Waals surface area contributed by atoms with Crippen molar-refractivity contribution in [1.29, 1.82) is 0 Å². The average Bonchev–Trinajstić information content (AvgIpc) is 3.23. The molecule has 0 saturated heterocycles. The molecule has 2 heterocycles. The van der Waals surface area contributed by atoms with Gasteiger partial charge in [0.25, 0.3) is 10.0 Å². The van der Waals surface area contributed by atoms with Gasteiger partial charge in [0.2, 0.25) is 0 Å². The summed E-state index contributed by atoms with van der Waals surface area (Å²) in [6, 6.07) is 8.52. The lowest BCUT2D eigenvalue weighted by Gasteiger charge is -2.13. The zero-order valence-corrected chi connectivity index (χ0v) is 17.6. The van der Waals surface area contributed by atoms with Gasteiger partial charge < -0.3 is 0 Å². The summed E-state index contributed by atoms with van der Waals surface area (Å²) in [6.07, 6.45) is -2.81. The summed E-state index contributed by atoms with van der Waals surface area (Å²) >= 11 is 7.36. The molecule has 0 unspecified atom stereocenters. The Morgan fingerprint density at radius 3 is 2.47 bits per heavy atom. The molecule has 0 atom stereocenters. The number of sulfonamides is 1. The van der Waals surface area contributed by atoms with Gasteiger partial charge in [-0.25, -0.2) is 13.4 Å². The van der Waals surface area contributed by atoms with Crippen LogP contribution < -0.4 is 4.72 Å². The van der Waals surface area contributed by atoms with Gasteiger partial charge in [0.15, 0.2) is 4.96 Å². The molecule has 0 aliphatic carbocycles. The Morgan fingerprint density at radius 2 is 1.83 bits per heavy atom. The molecular formula is C19H13ClF3N3O2S2. The molecule has 0 bridgehead atoms. The Bertz CT molecular complexity index is 1340. The van der Waals surface area contributed by atoms with Gasteiger partial charge >= 0.3 is 6.18 Å². The standard InChI is InChI=1S/C19H13ClF3N3O2S2/c1-11-10-29-18-24-16(9-26(11)18)12-2-5-14(6-3-12)25-30(27,28)17-8-13(19(21,22)23)4-7-15(17)20/h2-10,25H,1H3. The van der Waals surface area contributed by atoms with Crippen molar-refractivity contribution in [2.75, 3.05) is 4.72 Å². The number of nitrogens with zero attached hydrogens (tertiary/aromatic N) is 2. The summed E-state index contributed by atoms with van der Waals surface area (Å²) in [4.78, 5) is 4.71. The van der Waals surface area contributed by atoms with Crippen LogP contribution in [0.15, 0.2) is 58.9 Å². The summed E-state index contributed by atoms with van der Waals surface area (Å²) in [5.41, 5.74) is 1.63. The molecule has 2 aromatic heterocycles. The minimum Gasteiger partial charge on any atom is -0.294 e. The predicted molar refractivity (Wildman–Crippen MR) is 111 cm³/mol. The number of halogens is 4. The van der Waals surface area contributed by atoms with Crippen molar-refractivity contribution in [3.05, 3.63) is 70.3 Å². The van der Waals surface area contributed by atoms with Gasteiger partial charge in [0.05, 0.1) is 16.3 Å². The van der Waals surface area contributed by atoms with E-state index in [2.05, 4.69) is 9.71 Å². The Morgan fingerprint density at radius 1 is 1.13 bits per heavy atom. The van der Waals surface area contributed by atoms with Crippen LogP contribution >= 0.6 is 22.9 Å². The normalized spacial score (nSPS) is 12.4. The van der Waals surface area contributed by atoms with Crippen molar-refractivity contribution in [2.24, 2.45) is 0 Å². The Labute approximate surface area is 178 Å². The molecule has 2 aromatic carbocycles. The van der Waals surface area contributed by atoms with Crippen LogP contribution in [0, 0.1) is 6.92 Å². The van der Waals surface area contributed by atoms with E-state index in [0.29, 0.717) is 6.07 Å². The second kappa shape index (κ2) is 7.29. The number of aryl methyl sites for hydroxylation is 1. The molecule has 4 aromatic rings. The van der Waals surface area contributed by atoms with Gasteiger partial charge in [-0.05, 0) is 37.3 Å². The second-order valence-electron chi connectivity index (χ2n) is 6.48. The molecule has 5 nitrogen and oxygen atoms in total. The summed E-state index contributed by atoms with van der Waals surface area (Å²) < 4.78 is 68.2. The van der Waals surface area contributed by atoms with Crippen molar-refractivity contribution in [3.8, 4) is 11.3 Å². The maximum Gasteiger partial charge on any atom is 0.416 e. The van der Waals surface area contributed by atoms with Crippen LogP contribution in [0.2, 0.25) is 5.02 Å². The fourth-order valence-corrected chi connectivity index (χ4v) is 5.27. The van der Waals surface area contributed by atoms with Gasteiger partial charge in [-0.3, -0.25) is 9.12 Å². The van der Waals surface area contributed by atoms with Crippen LogP contribution in [0.1, 0.15) is 11.3 Å². The first-order valence-corrected chi connectivity index (χ1v) is 11.2. The number of fused-ring (bicyclic) bond motifs is 1. The number of hydrogen-bond donors (Lipinski definition) is 1. The van der Waals surface area contributed by atoms with E-state index in [0.717, 1.165) is 34.0 Å². The minimum absolute atomic E-state index is 0.185. The van der Waals surface area contributed by atoms with E-state index in [9.17, 15) is 21.6 Å². The molecule has 0 amide bonds. The van der Waals surface area contributed by atoms with Crippen LogP contribution in [0.25, 0.3) is 16.2 Å². The predicted octanol–water partition coefficient (Wildman–Crippen LogP) is 5.84. The second-order valence-corrected chi connectivity index (χ2v) is 9.38. The van der Waals surface area contributed by atoms with Crippen LogP contribution in [0.5, 0.6) is 0 Å². The molecule has 4 rings (SSSR count). The third-order valence-corrected chi connectivity index (χ3v) is 7.19. The molecule has 0 aliphatic rings. The van der Waals surface area contributed by atoms with Crippen LogP contribution in [0.3, 0.4) is 0 Å². The lowest BCUT2D eigenvalue weighted by atomic mass is 10.1. The van der Waals surface area contributed by atoms with Crippen LogP contribution in [-0.4, -0.2) is 17.8 Å². The van der Waals surface area contributed by atoms with Crippen molar-refractivity contribution < 1.29 is 21.6 Å². The quantitative estimate of drug-likeness (QED) is 0.406. The highest BCUT2D eigenvalue weighted by Gasteiger charge is 2.32. The van der Waals surface area contributed by atoms with E-state index in [-0.39, 0.29) is 10.7 Å². The fraction of sp³-hybridized carbons (Fsp3) is 0.105. The number of thiazole rings is 1. The molecule has 11 heteroatoms. The number of anilines is 1. The molecule has 30 heavy (non-hydrogen) atoms. The number of aromatic nitrogens is 2. The minimum atomic E-state index is -4.69. The van der Waals surface area contributed by atoms with Gasteiger partial charge in [0.1, 0.15) is 4.90 Å². The van der Waals surface area contributed by atoms with Crippen molar-refractivity contribution in [3.63, 3.8) is 0 Å². The zero-order chi connectivity index (χ0) is 21.7. The lowest BCUT2D eigenvalue weighted by Crippen LogP contribution is -2.15. The molecule has 0 fully saturated rings. The molecule has 0 spiro atoms. The van der Waals surface area contributed by atoms with E-state index < -0.39 is 26.7 Å². The van der Waals surface area contributed by atoms with Gasteiger partial charge in [-0.15, -0.1) is 11.3 Å². The Kier molecular flexibility index (Phi) is 5.03. The number of hydrogen-bond acceptors (Lipinski definition) is 4. The summed E-state index contributed by atoms with van der Waals surface area (Å²) in [7, 11) is -4.32. The molecular weight excluding hydrogens is 459 g/mol. The largest absolute Gasteiger partial charge is 0.416 e. The van der Waals surface area contributed by atoms with Gasteiger partial charge in [-0.2, -0.15) is 13.2 Å². The molecule has 0 radical (unpaired) electrons. The maximum atomic E-state index is 12.9. The lowest BCUT2D eigenvalue weighted by molar-refractivity contribution is -0.137. The van der Waals surface area contributed by atoms with Crippen LogP contribution in [0.4, 0.5) is 18.9 Å². The van der Waals surface area contributed by atoms with E-state index >= 15 is 0 Å². The van der Waals surface area contributed by atoms with Crippen molar-refractivity contribution in [1.82, 2.24) is 9.38 Å². The third-order valence-electron chi connectivity index (χ3n) is 4.37. The number of rotatable bonds is 4. The number of nitrogens with one attached hydrogen (secondary N) is 1. The first-order valence-electron chi connectivity index (χ1n) is 8.48. The Balaban J connectivity index is 1.61. The molecule has 0 aliphatic heterocycles. The van der Waals surface area contributed by atoms with E-state index in [1.165, 1.54) is 23.5 Å². The smallest absolute Gasteiger partial charge is 0.294 e. The van der Waals surface area contributed by atoms with E-state index in [1.54, 1.807) is 12.1 Å². The SMILES string of the molecule is Cc1csc2nc(-c3ccc(NS(=O)(=O)c4cc(C(F)(F)F)ccc4Cl)cc3)cn12. The fourth-order valence-electron chi connectivity index (χ4n) is 2.84. The average molecular weight is 472 g/mol. The monoisotopic (exact) mass is 471 g/mol. The van der Waals surface area contributed by atoms with Crippen molar-refractivity contribution >= 4 is 43.6 Å². The topological polar surface area (TPSA) is 63.5 Å². The van der Waals surface area contributed by atoms with Crippen molar-refractivity contribution in [2.45, 2.75) is 18.0 Å². The molecule has 156 valence electrons. The first-order chi connectivity index (χ1) is 14.0. The first kappa shape index (κ1) is 20.7.